The molecule has 0 N–H and O–H groups in total. The predicted octanol–water partition coefficient (Wildman–Crippen LogP) is 7.86. The molecule has 1 aliphatic heterocycles. The lowest BCUT2D eigenvalue weighted by Gasteiger charge is -2.56. The van der Waals surface area contributed by atoms with Crippen molar-refractivity contribution < 1.29 is 33.3 Å². The smallest absolute Gasteiger partial charge is 0.465 e. The predicted molar refractivity (Wildman–Crippen MR) is 170 cm³/mol. The molecule has 0 spiro atoms. The Bertz CT molecular complexity index is 835. The highest BCUT2D eigenvalue weighted by Crippen LogP contribution is 2.61. The van der Waals surface area contributed by atoms with Crippen LogP contribution in [0.1, 0.15) is 135 Å². The third kappa shape index (κ3) is 12.5. The molecule has 0 aromatic heterocycles. The maximum absolute atomic E-state index is 13.0. The summed E-state index contributed by atoms with van der Waals surface area (Å²) >= 11 is 0. The van der Waals surface area contributed by atoms with Crippen LogP contribution in [0.5, 0.6) is 0 Å². The van der Waals surface area contributed by atoms with Crippen molar-refractivity contribution in [3.05, 3.63) is 0 Å². The van der Waals surface area contributed by atoms with Gasteiger partial charge in [-0.2, -0.15) is 0 Å². The maximum atomic E-state index is 13.0. The molecule has 44 heavy (non-hydrogen) atoms. The first-order valence-electron chi connectivity index (χ1n) is 18.3. The number of likely N-dealkylation sites (tertiary alicyclic amines) is 1. The summed E-state index contributed by atoms with van der Waals surface area (Å²) in [5.41, 5.74) is 0.110. The van der Waals surface area contributed by atoms with Gasteiger partial charge in [-0.15, -0.1) is 0 Å². The second kappa shape index (κ2) is 19.0. The normalized spacial score (nSPS) is 26.4. The van der Waals surface area contributed by atoms with Crippen LogP contribution in [0.3, 0.4) is 0 Å². The molecule has 0 radical (unpaired) electrons. The van der Waals surface area contributed by atoms with Crippen molar-refractivity contribution in [3.8, 4) is 0 Å². The summed E-state index contributed by atoms with van der Waals surface area (Å²) in [5, 5.41) is 0. The van der Waals surface area contributed by atoms with Crippen molar-refractivity contribution in [1.82, 2.24) is 4.90 Å². The average molecular weight is 620 g/mol. The number of unbranched alkanes of at least 4 members (excludes halogenated alkanes) is 8. The van der Waals surface area contributed by atoms with E-state index in [1.165, 1.54) is 70.6 Å². The van der Waals surface area contributed by atoms with E-state index < -0.39 is 12.1 Å². The van der Waals surface area contributed by atoms with Crippen LogP contribution in [-0.2, 0) is 28.5 Å². The van der Waals surface area contributed by atoms with E-state index in [2.05, 4.69) is 11.8 Å². The molecule has 1 saturated heterocycles. The van der Waals surface area contributed by atoms with E-state index in [9.17, 15) is 14.4 Å². The summed E-state index contributed by atoms with van der Waals surface area (Å²) in [7, 11) is 0. The van der Waals surface area contributed by atoms with Gasteiger partial charge >= 0.3 is 18.1 Å². The standard InChI is InChI=1S/C36H61NO7/c1-2-3-4-5-6-7-8-9-10-14-33(38)42-26-32(28-44-35(40)41-18-13-17-37-15-11-12-16-37)27-43-34(39)25-36-22-29-19-30(23-36)21-31(20-29)24-36/h29-32H,2-28H2,1H3. The van der Waals surface area contributed by atoms with Gasteiger partial charge in [0.15, 0.2) is 0 Å². The van der Waals surface area contributed by atoms with Gasteiger partial charge in [-0.05, 0) is 100 Å². The summed E-state index contributed by atoms with van der Waals surface area (Å²) in [6.07, 6.45) is 21.6. The first-order valence-corrected chi connectivity index (χ1v) is 18.3. The van der Waals surface area contributed by atoms with Crippen molar-refractivity contribution in [1.29, 1.82) is 0 Å². The van der Waals surface area contributed by atoms with Crippen LogP contribution in [0.25, 0.3) is 0 Å². The topological polar surface area (TPSA) is 91.4 Å². The van der Waals surface area contributed by atoms with E-state index in [0.29, 0.717) is 19.4 Å². The van der Waals surface area contributed by atoms with Gasteiger partial charge in [0.1, 0.15) is 19.8 Å². The van der Waals surface area contributed by atoms with Crippen LogP contribution in [-0.4, -0.2) is 69.1 Å². The van der Waals surface area contributed by atoms with Gasteiger partial charge in [-0.3, -0.25) is 9.59 Å². The minimum Gasteiger partial charge on any atom is -0.465 e. The third-order valence-corrected chi connectivity index (χ3v) is 10.6. The molecule has 4 aliphatic carbocycles. The number of hydrogen-bond acceptors (Lipinski definition) is 8. The molecule has 252 valence electrons. The maximum Gasteiger partial charge on any atom is 0.508 e. The molecule has 5 rings (SSSR count). The van der Waals surface area contributed by atoms with Crippen molar-refractivity contribution in [2.24, 2.45) is 29.1 Å². The number of carbonyl (C=O) groups excluding carboxylic acids is 3. The first kappa shape index (κ1) is 35.0. The highest BCUT2D eigenvalue weighted by atomic mass is 16.7. The summed E-state index contributed by atoms with van der Waals surface area (Å²) in [4.78, 5) is 40.1. The van der Waals surface area contributed by atoms with Gasteiger partial charge in [-0.25, -0.2) is 4.79 Å². The minimum absolute atomic E-state index is 0.0130. The summed E-state index contributed by atoms with van der Waals surface area (Å²) < 4.78 is 22.0. The molecule has 8 nitrogen and oxygen atoms in total. The fourth-order valence-electron chi connectivity index (χ4n) is 8.76. The Morgan fingerprint density at radius 2 is 1.23 bits per heavy atom. The lowest BCUT2D eigenvalue weighted by molar-refractivity contribution is -0.155. The van der Waals surface area contributed by atoms with Gasteiger partial charge in [0.2, 0.25) is 0 Å². The second-order valence-electron chi connectivity index (χ2n) is 14.7. The Balaban J connectivity index is 1.14. The van der Waals surface area contributed by atoms with E-state index in [0.717, 1.165) is 82.3 Å². The lowest BCUT2D eigenvalue weighted by Crippen LogP contribution is -2.47. The number of hydrogen-bond donors (Lipinski definition) is 0. The zero-order chi connectivity index (χ0) is 31.0. The zero-order valence-electron chi connectivity index (χ0n) is 27.7. The molecule has 4 saturated carbocycles. The summed E-state index contributed by atoms with van der Waals surface area (Å²) in [6.45, 7) is 5.81. The van der Waals surface area contributed by atoms with Crippen LogP contribution >= 0.6 is 0 Å². The third-order valence-electron chi connectivity index (χ3n) is 10.6. The Kier molecular flexibility index (Phi) is 15.1. The van der Waals surface area contributed by atoms with Crippen molar-refractivity contribution in [3.63, 3.8) is 0 Å². The highest BCUT2D eigenvalue weighted by Gasteiger charge is 2.51. The largest absolute Gasteiger partial charge is 0.508 e. The zero-order valence-corrected chi connectivity index (χ0v) is 27.7. The van der Waals surface area contributed by atoms with Crippen LogP contribution in [0, 0.1) is 29.1 Å². The van der Waals surface area contributed by atoms with Gasteiger partial charge in [0, 0.05) is 13.0 Å². The van der Waals surface area contributed by atoms with Crippen LogP contribution in [0.15, 0.2) is 0 Å². The van der Waals surface area contributed by atoms with Crippen LogP contribution in [0.2, 0.25) is 0 Å². The van der Waals surface area contributed by atoms with Crippen molar-refractivity contribution in [2.75, 3.05) is 46.1 Å². The van der Waals surface area contributed by atoms with Gasteiger partial charge in [0.05, 0.1) is 18.9 Å². The molecule has 1 heterocycles. The van der Waals surface area contributed by atoms with E-state index in [1.54, 1.807) is 0 Å². The molecule has 0 aromatic carbocycles. The molecule has 1 unspecified atom stereocenters. The molecule has 0 aromatic rings. The SMILES string of the molecule is CCCCCCCCCCCC(=O)OCC(COC(=O)CC12CC3CC(CC(C3)C1)C2)COC(=O)OCCCN1CCCC1. The molecule has 1 atom stereocenters. The fourth-order valence-corrected chi connectivity index (χ4v) is 8.76. The average Bonchev–Trinajstić information content (AvgIpc) is 3.51. The van der Waals surface area contributed by atoms with Gasteiger partial charge < -0.3 is 23.8 Å². The van der Waals surface area contributed by atoms with Crippen molar-refractivity contribution in [2.45, 2.75) is 135 Å². The Morgan fingerprint density at radius 3 is 1.84 bits per heavy atom. The summed E-state index contributed by atoms with van der Waals surface area (Å²) in [5.74, 6) is 1.50. The van der Waals surface area contributed by atoms with Crippen LogP contribution < -0.4 is 0 Å². The minimum atomic E-state index is -0.725. The van der Waals surface area contributed by atoms with Gasteiger partial charge in [-0.1, -0.05) is 58.3 Å². The van der Waals surface area contributed by atoms with E-state index >= 15 is 0 Å². The fraction of sp³-hybridized carbons (Fsp3) is 0.917. The summed E-state index contributed by atoms with van der Waals surface area (Å²) in [6, 6.07) is 0. The molecular formula is C36H61NO7. The van der Waals surface area contributed by atoms with Gasteiger partial charge in [0.25, 0.3) is 0 Å². The second-order valence-corrected chi connectivity index (χ2v) is 14.7. The molecule has 5 aliphatic rings. The molecule has 5 fully saturated rings. The van der Waals surface area contributed by atoms with Crippen LogP contribution in [0.4, 0.5) is 4.79 Å². The Hall–Kier alpha value is -1.83. The first-order chi connectivity index (χ1) is 21.4. The molecule has 8 heteroatoms. The Morgan fingerprint density at radius 1 is 0.682 bits per heavy atom. The molecular weight excluding hydrogens is 558 g/mol. The number of esters is 2. The number of rotatable bonds is 22. The molecule has 0 amide bonds. The lowest BCUT2D eigenvalue weighted by atomic mass is 9.49. The number of nitrogens with zero attached hydrogens (tertiary/aromatic N) is 1. The monoisotopic (exact) mass is 619 g/mol. The van der Waals surface area contributed by atoms with E-state index in [4.69, 9.17) is 18.9 Å². The van der Waals surface area contributed by atoms with E-state index in [1.807, 2.05) is 0 Å². The highest BCUT2D eigenvalue weighted by molar-refractivity contribution is 5.70. The van der Waals surface area contributed by atoms with E-state index in [-0.39, 0.29) is 37.2 Å². The van der Waals surface area contributed by atoms with Crippen molar-refractivity contribution >= 4 is 18.1 Å². The number of carbonyl (C=O) groups is 3. The number of ether oxygens (including phenoxy) is 4. The Labute approximate surface area is 266 Å². The quantitative estimate of drug-likeness (QED) is 0.0687. The molecule has 4 bridgehead atoms.